The van der Waals surface area contributed by atoms with Crippen molar-refractivity contribution in [1.29, 1.82) is 0 Å². The van der Waals surface area contributed by atoms with Gasteiger partial charge < -0.3 is 15.5 Å². The zero-order chi connectivity index (χ0) is 20.3. The lowest BCUT2D eigenvalue weighted by Gasteiger charge is -2.30. The fraction of sp³-hybridized carbons (Fsp3) is 0.500. The summed E-state index contributed by atoms with van der Waals surface area (Å²) in [6.45, 7) is 4.91. The first-order valence-corrected chi connectivity index (χ1v) is 11.2. The van der Waals surface area contributed by atoms with Gasteiger partial charge in [-0.05, 0) is 62.5 Å². The van der Waals surface area contributed by atoms with E-state index in [4.69, 9.17) is 23.8 Å². The van der Waals surface area contributed by atoms with Crippen molar-refractivity contribution in [2.75, 3.05) is 29.9 Å². The van der Waals surface area contributed by atoms with Gasteiger partial charge in [0, 0.05) is 41.8 Å². The highest BCUT2D eigenvalue weighted by molar-refractivity contribution is 7.80. The van der Waals surface area contributed by atoms with Crippen LogP contribution in [0.15, 0.2) is 30.3 Å². The van der Waals surface area contributed by atoms with Crippen molar-refractivity contribution in [3.8, 4) is 0 Å². The summed E-state index contributed by atoms with van der Waals surface area (Å²) in [5.41, 5.74) is 2.38. The average Bonchev–Trinajstić information content (AvgIpc) is 3.39. The normalized spacial score (nSPS) is 18.1. The Hall–Kier alpha value is -1.92. The van der Waals surface area contributed by atoms with Crippen molar-refractivity contribution in [1.82, 2.24) is 15.3 Å². The van der Waals surface area contributed by atoms with Crippen LogP contribution in [-0.2, 0) is 5.41 Å². The highest BCUT2D eigenvalue weighted by Gasteiger charge is 2.35. The van der Waals surface area contributed by atoms with E-state index in [1.165, 1.54) is 31.2 Å². The maximum absolute atomic E-state index is 6.09. The number of aryl methyl sites for hydroxylation is 1. The summed E-state index contributed by atoms with van der Waals surface area (Å²) in [5, 5.41) is 7.98. The van der Waals surface area contributed by atoms with Crippen molar-refractivity contribution in [3.05, 3.63) is 46.6 Å². The predicted molar refractivity (Wildman–Crippen MR) is 124 cm³/mol. The van der Waals surface area contributed by atoms with E-state index in [1.807, 2.05) is 25.1 Å². The molecule has 0 radical (unpaired) electrons. The van der Waals surface area contributed by atoms with Crippen LogP contribution in [0.1, 0.15) is 49.8 Å². The van der Waals surface area contributed by atoms with Gasteiger partial charge in [-0.15, -0.1) is 0 Å². The van der Waals surface area contributed by atoms with Crippen LogP contribution in [0, 0.1) is 6.92 Å². The van der Waals surface area contributed by atoms with Crippen LogP contribution in [0.25, 0.3) is 0 Å². The minimum atomic E-state index is 0.102. The first-order chi connectivity index (χ1) is 14.0. The van der Waals surface area contributed by atoms with E-state index in [9.17, 15) is 0 Å². The Bertz CT molecular complexity index is 858. The van der Waals surface area contributed by atoms with Gasteiger partial charge in [0.05, 0.1) is 0 Å². The molecule has 1 aliphatic carbocycles. The van der Waals surface area contributed by atoms with Gasteiger partial charge in [-0.25, -0.2) is 4.98 Å². The zero-order valence-corrected chi connectivity index (χ0v) is 18.5. The summed E-state index contributed by atoms with van der Waals surface area (Å²) in [6, 6.07) is 10.3. The smallest absolute Gasteiger partial charge is 0.231 e. The Morgan fingerprint density at radius 3 is 2.48 bits per heavy atom. The number of halogens is 1. The van der Waals surface area contributed by atoms with Gasteiger partial charge in [-0.1, -0.05) is 36.6 Å². The summed E-state index contributed by atoms with van der Waals surface area (Å²) < 4.78 is 0. The van der Waals surface area contributed by atoms with Crippen molar-refractivity contribution in [2.24, 2.45) is 0 Å². The average molecular weight is 430 g/mol. The van der Waals surface area contributed by atoms with Crippen molar-refractivity contribution >= 4 is 40.7 Å². The Morgan fingerprint density at radius 2 is 1.79 bits per heavy atom. The summed E-state index contributed by atoms with van der Waals surface area (Å²) in [6.07, 6.45) is 7.24. The van der Waals surface area contributed by atoms with E-state index in [-0.39, 0.29) is 5.41 Å². The molecule has 1 aromatic heterocycles. The lowest BCUT2D eigenvalue weighted by molar-refractivity contribution is 0.435. The van der Waals surface area contributed by atoms with Crippen LogP contribution in [0.2, 0.25) is 5.02 Å². The van der Waals surface area contributed by atoms with Crippen molar-refractivity contribution in [3.63, 3.8) is 0 Å². The number of nitrogens with one attached hydrogen (secondary N) is 2. The largest absolute Gasteiger partial charge is 0.361 e. The van der Waals surface area contributed by atoms with Gasteiger partial charge in [-0.2, -0.15) is 4.98 Å². The minimum Gasteiger partial charge on any atom is -0.361 e. The van der Waals surface area contributed by atoms with Gasteiger partial charge in [0.25, 0.3) is 0 Å². The second-order valence-corrected chi connectivity index (χ2v) is 9.03. The molecule has 0 amide bonds. The Morgan fingerprint density at radius 1 is 1.10 bits per heavy atom. The molecule has 2 aliphatic rings. The van der Waals surface area contributed by atoms with Gasteiger partial charge in [0.15, 0.2) is 5.11 Å². The van der Waals surface area contributed by atoms with E-state index < -0.39 is 0 Å². The van der Waals surface area contributed by atoms with Crippen LogP contribution in [0.3, 0.4) is 0 Å². The molecule has 1 saturated carbocycles. The number of thiocarbonyl (C=S) groups is 1. The molecule has 2 fully saturated rings. The van der Waals surface area contributed by atoms with Crippen molar-refractivity contribution < 1.29 is 0 Å². The monoisotopic (exact) mass is 429 g/mol. The number of rotatable bonds is 5. The molecule has 1 aliphatic heterocycles. The molecule has 4 rings (SSSR count). The third-order valence-electron chi connectivity index (χ3n) is 6.10. The molecule has 0 unspecified atom stereocenters. The first kappa shape index (κ1) is 20.4. The van der Waals surface area contributed by atoms with Crippen LogP contribution in [0.5, 0.6) is 0 Å². The lowest BCUT2D eigenvalue weighted by Crippen LogP contribution is -2.41. The van der Waals surface area contributed by atoms with Crippen molar-refractivity contribution in [2.45, 2.75) is 50.9 Å². The van der Waals surface area contributed by atoms with E-state index in [0.717, 1.165) is 49.0 Å². The lowest BCUT2D eigenvalue weighted by atomic mass is 9.79. The molecular formula is C22H28ClN5S. The molecule has 0 atom stereocenters. The second-order valence-electron chi connectivity index (χ2n) is 8.19. The summed E-state index contributed by atoms with van der Waals surface area (Å²) in [7, 11) is 0. The molecule has 7 heteroatoms. The Balaban J connectivity index is 1.42. The zero-order valence-electron chi connectivity index (χ0n) is 16.9. The summed E-state index contributed by atoms with van der Waals surface area (Å²) in [4.78, 5) is 11.5. The number of anilines is 2. The third-order valence-corrected chi connectivity index (χ3v) is 6.60. The summed E-state index contributed by atoms with van der Waals surface area (Å²) in [5.74, 6) is 1.55. The number of benzene rings is 1. The van der Waals surface area contributed by atoms with Crippen LogP contribution in [-0.4, -0.2) is 34.7 Å². The molecule has 2 aromatic rings. The topological polar surface area (TPSA) is 53.1 Å². The molecule has 0 bridgehead atoms. The van der Waals surface area contributed by atoms with Crippen LogP contribution < -0.4 is 15.5 Å². The first-order valence-electron chi connectivity index (χ1n) is 10.5. The Labute approximate surface area is 183 Å². The number of hydrogen-bond acceptors (Lipinski definition) is 4. The van der Waals surface area contributed by atoms with E-state index in [2.05, 4.69) is 37.6 Å². The maximum atomic E-state index is 6.09. The highest BCUT2D eigenvalue weighted by atomic mass is 35.5. The molecule has 1 saturated heterocycles. The molecule has 2 N–H and O–H groups in total. The molecule has 1 aromatic carbocycles. The fourth-order valence-corrected chi connectivity index (χ4v) is 4.82. The second kappa shape index (κ2) is 8.84. The maximum Gasteiger partial charge on any atom is 0.231 e. The molecule has 2 heterocycles. The Kier molecular flexibility index (Phi) is 6.20. The fourth-order valence-electron chi connectivity index (χ4n) is 4.53. The van der Waals surface area contributed by atoms with E-state index >= 15 is 0 Å². The van der Waals surface area contributed by atoms with E-state index in [1.54, 1.807) is 0 Å². The van der Waals surface area contributed by atoms with E-state index in [0.29, 0.717) is 11.1 Å². The number of nitrogens with zero attached hydrogens (tertiary/aromatic N) is 3. The number of hydrogen-bond donors (Lipinski definition) is 2. The quantitative estimate of drug-likeness (QED) is 0.663. The molecule has 154 valence electrons. The van der Waals surface area contributed by atoms with Gasteiger partial charge in [0.1, 0.15) is 5.82 Å². The molecule has 0 spiro atoms. The molecular weight excluding hydrogens is 402 g/mol. The highest BCUT2D eigenvalue weighted by Crippen LogP contribution is 2.41. The number of aromatic nitrogens is 2. The summed E-state index contributed by atoms with van der Waals surface area (Å²) >= 11 is 11.7. The SMILES string of the molecule is Cc1cc(N2CCCC2)nc(NC(=S)NCC2(c3ccc(Cl)cc3)CCCC2)n1. The predicted octanol–water partition coefficient (Wildman–Crippen LogP) is 4.84. The molecule has 29 heavy (non-hydrogen) atoms. The van der Waals surface area contributed by atoms with Gasteiger partial charge >= 0.3 is 0 Å². The molecule has 5 nitrogen and oxygen atoms in total. The minimum absolute atomic E-state index is 0.102. The van der Waals surface area contributed by atoms with Crippen LogP contribution >= 0.6 is 23.8 Å². The van der Waals surface area contributed by atoms with Crippen LogP contribution in [0.4, 0.5) is 11.8 Å². The van der Waals surface area contributed by atoms with Gasteiger partial charge in [-0.3, -0.25) is 0 Å². The van der Waals surface area contributed by atoms with Gasteiger partial charge in [0.2, 0.25) is 5.95 Å². The standard InChI is InChI=1S/C22H28ClN5S/c1-16-14-19(28-12-4-5-13-28)26-20(25-16)27-21(29)24-15-22(10-2-3-11-22)17-6-8-18(23)9-7-17/h6-9,14H,2-5,10-13,15H2,1H3,(H2,24,25,26,27,29). The third kappa shape index (κ3) is 4.81.